The minimum atomic E-state index is -3.74. The molecule has 146 valence electrons. The third-order valence-electron chi connectivity index (χ3n) is 4.78. The Morgan fingerprint density at radius 1 is 0.966 bits per heavy atom. The summed E-state index contributed by atoms with van der Waals surface area (Å²) in [6, 6.07) is 20.3. The van der Waals surface area contributed by atoms with Gasteiger partial charge in [0.2, 0.25) is 15.4 Å². The Bertz CT molecular complexity index is 1270. The number of anilines is 1. The van der Waals surface area contributed by atoms with Crippen LogP contribution in [0.5, 0.6) is 0 Å². The molecule has 0 saturated carbocycles. The molecule has 0 amide bonds. The molecule has 4 rings (SSSR count). The van der Waals surface area contributed by atoms with E-state index in [0.717, 1.165) is 22.0 Å². The molecule has 0 spiro atoms. The zero-order valence-electron chi connectivity index (χ0n) is 15.8. The summed E-state index contributed by atoms with van der Waals surface area (Å²) in [6.07, 6.45) is 1.52. The van der Waals surface area contributed by atoms with Crippen LogP contribution in [0.4, 0.5) is 10.1 Å². The van der Waals surface area contributed by atoms with Crippen LogP contribution in [0.1, 0.15) is 11.1 Å². The fraction of sp³-hybridized carbons (Fsp3) is 0.0870. The Kier molecular flexibility index (Phi) is 5.03. The van der Waals surface area contributed by atoms with E-state index in [0.29, 0.717) is 12.2 Å². The molecule has 0 saturated heterocycles. The predicted octanol–water partition coefficient (Wildman–Crippen LogP) is 4.55. The first kappa shape index (κ1) is 19.1. The molecule has 0 aliphatic heterocycles. The van der Waals surface area contributed by atoms with Crippen LogP contribution >= 0.6 is 0 Å². The van der Waals surface area contributed by atoms with E-state index >= 15 is 0 Å². The van der Waals surface area contributed by atoms with E-state index < -0.39 is 9.84 Å². The van der Waals surface area contributed by atoms with Crippen LogP contribution < -0.4 is 10.3 Å². The lowest BCUT2D eigenvalue weighted by atomic mass is 10.1. The first-order valence-electron chi connectivity index (χ1n) is 9.19. The van der Waals surface area contributed by atoms with Gasteiger partial charge in [0.05, 0.1) is 16.0 Å². The Balaban J connectivity index is 1.85. The van der Waals surface area contributed by atoms with Crippen molar-refractivity contribution in [1.29, 1.82) is 0 Å². The lowest BCUT2D eigenvalue weighted by Crippen LogP contribution is -2.15. The number of aryl methyl sites for hydroxylation is 1. The standard InChI is InChI=1S/C23H19FN2O2S/c1-16-7-12-21-20(13-16)23(26-14-17-8-10-18(24)11-9-17)22(15-25-21)29(27,28)19-5-3-2-4-6-19/h2-13,15H,14H2,1H3,(H,25,26)/p+1. The van der Waals surface area contributed by atoms with Crippen LogP contribution in [-0.2, 0) is 16.4 Å². The highest BCUT2D eigenvalue weighted by atomic mass is 32.2. The van der Waals surface area contributed by atoms with Crippen LogP contribution in [0.25, 0.3) is 10.9 Å². The number of fused-ring (bicyclic) bond motifs is 1. The number of hydrogen-bond acceptors (Lipinski definition) is 3. The van der Waals surface area contributed by atoms with Crippen LogP contribution in [-0.4, -0.2) is 8.42 Å². The van der Waals surface area contributed by atoms with E-state index in [1.807, 2.05) is 25.1 Å². The smallest absolute Gasteiger partial charge is 0.214 e. The van der Waals surface area contributed by atoms with Gasteiger partial charge < -0.3 is 5.32 Å². The van der Waals surface area contributed by atoms with Gasteiger partial charge in [0.1, 0.15) is 5.82 Å². The summed E-state index contributed by atoms with van der Waals surface area (Å²) in [6.45, 7) is 2.33. The summed E-state index contributed by atoms with van der Waals surface area (Å²) >= 11 is 0. The number of hydrogen-bond donors (Lipinski definition) is 1. The van der Waals surface area contributed by atoms with Crippen molar-refractivity contribution in [3.63, 3.8) is 0 Å². The summed E-state index contributed by atoms with van der Waals surface area (Å²) < 4.78 is 39.9. The van der Waals surface area contributed by atoms with E-state index in [1.54, 1.807) is 42.5 Å². The molecule has 0 aliphatic carbocycles. The molecule has 1 heterocycles. The van der Waals surface area contributed by atoms with Gasteiger partial charge in [-0.1, -0.05) is 36.4 Å². The summed E-state index contributed by atoms with van der Waals surface area (Å²) in [7, 11) is -3.74. The summed E-state index contributed by atoms with van der Waals surface area (Å²) in [5.41, 5.74) is 3.22. The van der Waals surface area contributed by atoms with E-state index in [1.165, 1.54) is 18.3 Å². The van der Waals surface area contributed by atoms with Gasteiger partial charge in [-0.2, -0.15) is 0 Å². The number of aromatic nitrogens is 1. The zero-order chi connectivity index (χ0) is 20.4. The van der Waals surface area contributed by atoms with Crippen LogP contribution in [0.2, 0.25) is 0 Å². The molecule has 0 atom stereocenters. The molecule has 2 N–H and O–H groups in total. The van der Waals surface area contributed by atoms with E-state index in [9.17, 15) is 12.8 Å². The maximum absolute atomic E-state index is 13.3. The van der Waals surface area contributed by atoms with E-state index in [-0.39, 0.29) is 15.6 Å². The zero-order valence-corrected chi connectivity index (χ0v) is 16.6. The fourth-order valence-corrected chi connectivity index (χ4v) is 4.69. The molecule has 0 unspecified atom stereocenters. The number of benzene rings is 3. The highest BCUT2D eigenvalue weighted by Gasteiger charge is 2.26. The van der Waals surface area contributed by atoms with Gasteiger partial charge in [-0.05, 0) is 48.4 Å². The summed E-state index contributed by atoms with van der Waals surface area (Å²) in [5, 5.41) is 4.06. The van der Waals surface area contributed by atoms with Gasteiger partial charge in [-0.25, -0.2) is 17.8 Å². The molecule has 6 heteroatoms. The lowest BCUT2D eigenvalue weighted by molar-refractivity contribution is -0.347. The fourth-order valence-electron chi connectivity index (χ4n) is 3.25. The van der Waals surface area contributed by atoms with Crippen molar-refractivity contribution in [3.05, 3.63) is 95.9 Å². The summed E-state index contributed by atoms with van der Waals surface area (Å²) in [5.74, 6) is -0.309. The van der Waals surface area contributed by atoms with E-state index in [4.69, 9.17) is 0 Å². The SMILES string of the molecule is Cc1ccc2[nH+]cc(S(=O)(=O)c3ccccc3)c(NCc3ccc(F)cc3)c2c1. The second kappa shape index (κ2) is 7.64. The van der Waals surface area contributed by atoms with E-state index in [2.05, 4.69) is 10.3 Å². The summed E-state index contributed by atoms with van der Waals surface area (Å²) in [4.78, 5) is 3.50. The molecule has 4 nitrogen and oxygen atoms in total. The van der Waals surface area contributed by atoms with Crippen molar-refractivity contribution in [3.8, 4) is 0 Å². The molecule has 3 aromatic carbocycles. The number of nitrogens with one attached hydrogen (secondary N) is 2. The number of aromatic amines is 1. The van der Waals surface area contributed by atoms with Crippen molar-refractivity contribution in [2.24, 2.45) is 0 Å². The third-order valence-corrected chi connectivity index (χ3v) is 6.57. The normalized spacial score (nSPS) is 11.5. The Hall–Kier alpha value is -3.25. The van der Waals surface area contributed by atoms with Gasteiger partial charge >= 0.3 is 0 Å². The first-order valence-corrected chi connectivity index (χ1v) is 10.7. The molecule has 0 bridgehead atoms. The minimum absolute atomic E-state index is 0.170. The average molecular weight is 407 g/mol. The van der Waals surface area contributed by atoms with Crippen molar-refractivity contribution in [1.82, 2.24) is 0 Å². The van der Waals surface area contributed by atoms with Crippen molar-refractivity contribution < 1.29 is 17.8 Å². The predicted molar refractivity (Wildman–Crippen MR) is 111 cm³/mol. The van der Waals surface area contributed by atoms with Gasteiger partial charge in [-0.15, -0.1) is 0 Å². The minimum Gasteiger partial charge on any atom is -0.379 e. The van der Waals surface area contributed by atoms with Crippen molar-refractivity contribution >= 4 is 26.4 Å². The molecule has 0 aliphatic rings. The number of rotatable bonds is 5. The first-order chi connectivity index (χ1) is 13.9. The Labute approximate surface area is 169 Å². The van der Waals surface area contributed by atoms with Gasteiger partial charge in [0, 0.05) is 12.6 Å². The highest BCUT2D eigenvalue weighted by molar-refractivity contribution is 7.91. The second-order valence-corrected chi connectivity index (χ2v) is 8.79. The third kappa shape index (κ3) is 3.84. The molecular formula is C23H20FN2O2S+. The van der Waals surface area contributed by atoms with Crippen LogP contribution in [0.3, 0.4) is 0 Å². The van der Waals surface area contributed by atoms with Crippen LogP contribution in [0, 0.1) is 12.7 Å². The lowest BCUT2D eigenvalue weighted by Gasteiger charge is -2.13. The van der Waals surface area contributed by atoms with Crippen molar-refractivity contribution in [2.45, 2.75) is 23.3 Å². The molecule has 4 aromatic rings. The average Bonchev–Trinajstić information content (AvgIpc) is 2.73. The van der Waals surface area contributed by atoms with Gasteiger partial charge in [-0.3, -0.25) is 0 Å². The maximum Gasteiger partial charge on any atom is 0.214 e. The second-order valence-electron chi connectivity index (χ2n) is 6.87. The highest BCUT2D eigenvalue weighted by Crippen LogP contribution is 2.32. The Morgan fingerprint density at radius 3 is 2.41 bits per heavy atom. The number of H-pyrrole nitrogens is 1. The van der Waals surface area contributed by atoms with Gasteiger partial charge in [0.15, 0.2) is 11.1 Å². The topological polar surface area (TPSA) is 60.3 Å². The van der Waals surface area contributed by atoms with Gasteiger partial charge in [0.25, 0.3) is 0 Å². The molecule has 29 heavy (non-hydrogen) atoms. The number of pyridine rings is 1. The molecular weight excluding hydrogens is 387 g/mol. The Morgan fingerprint density at radius 2 is 1.69 bits per heavy atom. The largest absolute Gasteiger partial charge is 0.379 e. The molecule has 0 fully saturated rings. The quantitative estimate of drug-likeness (QED) is 0.528. The molecule has 1 aromatic heterocycles. The molecule has 0 radical (unpaired) electrons. The monoisotopic (exact) mass is 407 g/mol. The van der Waals surface area contributed by atoms with Crippen LogP contribution in [0.15, 0.2) is 88.8 Å². The maximum atomic E-state index is 13.3. The number of halogens is 1. The number of sulfone groups is 1. The van der Waals surface area contributed by atoms with Crippen molar-refractivity contribution in [2.75, 3.05) is 5.32 Å².